The normalized spacial score (nSPS) is 12.9. The first-order valence-electron chi connectivity index (χ1n) is 11.2. The molecule has 1 aliphatic carbocycles. The van der Waals surface area contributed by atoms with Crippen LogP contribution in [0.2, 0.25) is 0 Å². The van der Waals surface area contributed by atoms with E-state index in [1.165, 1.54) is 0 Å². The molecule has 4 aromatic rings. The highest BCUT2D eigenvalue weighted by Crippen LogP contribution is 2.20. The molecule has 1 aliphatic rings. The fourth-order valence-electron chi connectivity index (χ4n) is 3.53. The number of hydrogen-bond acceptors (Lipinski definition) is 4. The molecule has 2 aromatic heterocycles. The van der Waals surface area contributed by atoms with Crippen molar-refractivity contribution in [2.45, 2.75) is 32.4 Å². The van der Waals surface area contributed by atoms with Crippen molar-refractivity contribution in [3.8, 4) is 5.75 Å². The summed E-state index contributed by atoms with van der Waals surface area (Å²) < 4.78 is 7.85. The van der Waals surface area contributed by atoms with Crippen molar-refractivity contribution in [3.05, 3.63) is 89.9 Å². The Morgan fingerprint density at radius 3 is 2.53 bits per heavy atom. The Kier molecular flexibility index (Phi) is 5.86. The third-order valence-electron chi connectivity index (χ3n) is 5.44. The van der Waals surface area contributed by atoms with Gasteiger partial charge in [0.2, 0.25) is 0 Å². The zero-order valence-corrected chi connectivity index (χ0v) is 18.7. The minimum Gasteiger partial charge on any atom is -0.487 e. The number of fused-ring (bicyclic) bond motifs is 1. The molecule has 2 heterocycles. The number of urea groups is 1. The average Bonchev–Trinajstić information content (AvgIpc) is 3.55. The van der Waals surface area contributed by atoms with Crippen molar-refractivity contribution in [2.75, 3.05) is 10.6 Å². The summed E-state index contributed by atoms with van der Waals surface area (Å²) >= 11 is 0. The number of benzene rings is 2. The third-order valence-corrected chi connectivity index (χ3v) is 5.44. The Bertz CT molecular complexity index is 1340. The van der Waals surface area contributed by atoms with Crippen molar-refractivity contribution in [3.63, 3.8) is 0 Å². The van der Waals surface area contributed by atoms with E-state index >= 15 is 0 Å². The van der Waals surface area contributed by atoms with Crippen LogP contribution in [0.25, 0.3) is 5.65 Å². The fraction of sp³-hybridized carbons (Fsp3) is 0.192. The van der Waals surface area contributed by atoms with Crippen LogP contribution in [0.4, 0.5) is 16.2 Å². The number of pyridine rings is 1. The zero-order valence-electron chi connectivity index (χ0n) is 18.7. The van der Waals surface area contributed by atoms with Crippen LogP contribution in [0.1, 0.15) is 34.5 Å². The number of amides is 3. The topological polar surface area (TPSA) is 96.8 Å². The highest BCUT2D eigenvalue weighted by molar-refractivity contribution is 6.04. The Morgan fingerprint density at radius 2 is 1.76 bits per heavy atom. The van der Waals surface area contributed by atoms with Gasteiger partial charge >= 0.3 is 6.03 Å². The number of ether oxygens (including phenoxy) is 1. The number of carbonyl (C=O) groups is 2. The van der Waals surface area contributed by atoms with Crippen molar-refractivity contribution < 1.29 is 14.3 Å². The molecule has 3 amide bonds. The lowest BCUT2D eigenvalue weighted by molar-refractivity contribution is 0.102. The molecule has 2 aromatic carbocycles. The van der Waals surface area contributed by atoms with Crippen LogP contribution in [0.15, 0.2) is 73.1 Å². The van der Waals surface area contributed by atoms with Gasteiger partial charge in [-0.25, -0.2) is 9.78 Å². The van der Waals surface area contributed by atoms with E-state index in [0.29, 0.717) is 35.3 Å². The van der Waals surface area contributed by atoms with E-state index in [9.17, 15) is 9.59 Å². The highest BCUT2D eigenvalue weighted by atomic mass is 16.5. The van der Waals surface area contributed by atoms with Gasteiger partial charge in [0.15, 0.2) is 0 Å². The molecule has 0 unspecified atom stereocenters. The van der Waals surface area contributed by atoms with Crippen LogP contribution in [0.3, 0.4) is 0 Å². The van der Waals surface area contributed by atoms with Crippen LogP contribution < -0.4 is 20.7 Å². The Morgan fingerprint density at radius 1 is 1.00 bits per heavy atom. The Labute approximate surface area is 197 Å². The van der Waals surface area contributed by atoms with Crippen molar-refractivity contribution >= 4 is 29.0 Å². The van der Waals surface area contributed by atoms with Crippen molar-refractivity contribution in [1.29, 1.82) is 0 Å². The Hall–Kier alpha value is -4.33. The zero-order chi connectivity index (χ0) is 23.5. The van der Waals surface area contributed by atoms with E-state index in [1.54, 1.807) is 42.5 Å². The number of aryl methyl sites for hydroxylation is 1. The minimum absolute atomic E-state index is 0.213. The van der Waals surface area contributed by atoms with Gasteiger partial charge < -0.3 is 25.1 Å². The molecule has 0 bridgehead atoms. The lowest BCUT2D eigenvalue weighted by Gasteiger charge is -2.10. The predicted molar refractivity (Wildman–Crippen MR) is 130 cm³/mol. The monoisotopic (exact) mass is 455 g/mol. The summed E-state index contributed by atoms with van der Waals surface area (Å²) in [5.74, 6) is 0.336. The number of carbonyl (C=O) groups excluding carboxylic acids is 2. The van der Waals surface area contributed by atoms with E-state index in [0.717, 1.165) is 29.7 Å². The molecular weight excluding hydrogens is 430 g/mol. The lowest BCUT2D eigenvalue weighted by atomic mass is 10.2. The van der Waals surface area contributed by atoms with Gasteiger partial charge in [-0.2, -0.15) is 0 Å². The average molecular weight is 456 g/mol. The molecule has 0 spiro atoms. The number of anilines is 2. The first kappa shape index (κ1) is 21.5. The summed E-state index contributed by atoms with van der Waals surface area (Å²) in [6, 6.07) is 18.1. The van der Waals surface area contributed by atoms with Crippen LogP contribution in [-0.4, -0.2) is 27.4 Å². The van der Waals surface area contributed by atoms with Crippen LogP contribution in [0, 0.1) is 6.92 Å². The number of imidazole rings is 1. The number of nitrogens with zero attached hydrogens (tertiary/aromatic N) is 2. The van der Waals surface area contributed by atoms with E-state index in [-0.39, 0.29) is 11.9 Å². The maximum Gasteiger partial charge on any atom is 0.319 e. The first-order chi connectivity index (χ1) is 16.5. The van der Waals surface area contributed by atoms with E-state index < -0.39 is 0 Å². The molecule has 1 saturated carbocycles. The van der Waals surface area contributed by atoms with Gasteiger partial charge in [-0.1, -0.05) is 12.1 Å². The van der Waals surface area contributed by atoms with Gasteiger partial charge in [-0.05, 0) is 73.9 Å². The summed E-state index contributed by atoms with van der Waals surface area (Å²) in [7, 11) is 0. The molecule has 1 fully saturated rings. The minimum atomic E-state index is -0.249. The summed E-state index contributed by atoms with van der Waals surface area (Å²) in [6.45, 7) is 2.33. The number of nitrogens with one attached hydrogen (secondary N) is 3. The Balaban J connectivity index is 1.17. The first-order valence-corrected chi connectivity index (χ1v) is 11.2. The second-order valence-electron chi connectivity index (χ2n) is 8.42. The number of hydrogen-bond donors (Lipinski definition) is 3. The predicted octanol–water partition coefficient (Wildman–Crippen LogP) is 4.76. The van der Waals surface area contributed by atoms with E-state index in [4.69, 9.17) is 4.74 Å². The molecule has 0 radical (unpaired) electrons. The van der Waals surface area contributed by atoms with Gasteiger partial charge in [0.25, 0.3) is 5.91 Å². The second-order valence-corrected chi connectivity index (χ2v) is 8.42. The van der Waals surface area contributed by atoms with Crippen LogP contribution >= 0.6 is 0 Å². The summed E-state index contributed by atoms with van der Waals surface area (Å²) in [4.78, 5) is 29.1. The summed E-state index contributed by atoms with van der Waals surface area (Å²) in [6.07, 6.45) is 6.02. The molecule has 0 aliphatic heterocycles. The molecule has 5 rings (SSSR count). The van der Waals surface area contributed by atoms with Crippen molar-refractivity contribution in [2.24, 2.45) is 0 Å². The molecule has 172 valence electrons. The standard InChI is InChI=1S/C26H25N5O3/c1-17-5-12-24-27-22(15-31(24)14-17)16-34-23-4-2-3-18(13-23)25(32)28-19-6-8-20(9-7-19)29-26(33)30-21-10-11-21/h2-9,12-15,21H,10-11,16H2,1H3,(H,28,32)(H2,29,30,33). The highest BCUT2D eigenvalue weighted by Gasteiger charge is 2.23. The SMILES string of the molecule is Cc1ccc2nc(COc3cccc(C(=O)Nc4ccc(NC(=O)NC5CC5)cc4)c3)cn2c1. The van der Waals surface area contributed by atoms with Crippen LogP contribution in [0.5, 0.6) is 5.75 Å². The fourth-order valence-corrected chi connectivity index (χ4v) is 3.53. The summed E-state index contributed by atoms with van der Waals surface area (Å²) in [5, 5.41) is 8.52. The molecular formula is C26H25N5O3. The smallest absolute Gasteiger partial charge is 0.319 e. The van der Waals surface area contributed by atoms with Gasteiger partial charge in [-0.15, -0.1) is 0 Å². The molecule has 8 nitrogen and oxygen atoms in total. The summed E-state index contributed by atoms with van der Waals surface area (Å²) in [5.41, 5.74) is 4.59. The quantitative estimate of drug-likeness (QED) is 0.374. The van der Waals surface area contributed by atoms with E-state index in [1.807, 2.05) is 41.9 Å². The maximum atomic E-state index is 12.7. The molecule has 8 heteroatoms. The third kappa shape index (κ3) is 5.35. The van der Waals surface area contributed by atoms with Gasteiger partial charge in [0.1, 0.15) is 18.0 Å². The lowest BCUT2D eigenvalue weighted by Crippen LogP contribution is -2.30. The number of aromatic nitrogens is 2. The number of rotatable bonds is 7. The molecule has 0 saturated heterocycles. The molecule has 0 atom stereocenters. The molecule has 34 heavy (non-hydrogen) atoms. The maximum absolute atomic E-state index is 12.7. The van der Waals surface area contributed by atoms with Crippen LogP contribution in [-0.2, 0) is 6.61 Å². The van der Waals surface area contributed by atoms with Gasteiger partial charge in [0.05, 0.1) is 5.69 Å². The van der Waals surface area contributed by atoms with Gasteiger partial charge in [-0.3, -0.25) is 4.79 Å². The van der Waals surface area contributed by atoms with E-state index in [2.05, 4.69) is 20.9 Å². The van der Waals surface area contributed by atoms with Gasteiger partial charge in [0, 0.05) is 35.4 Å². The van der Waals surface area contributed by atoms with Crippen molar-refractivity contribution in [1.82, 2.24) is 14.7 Å². The molecule has 3 N–H and O–H groups in total. The second kappa shape index (κ2) is 9.27. The largest absolute Gasteiger partial charge is 0.487 e.